The minimum atomic E-state index is -4.31. The van der Waals surface area contributed by atoms with Crippen molar-refractivity contribution in [3.05, 3.63) is 106 Å². The molecule has 0 aliphatic heterocycles. The van der Waals surface area contributed by atoms with E-state index in [1.807, 2.05) is 47.3 Å². The average Bonchev–Trinajstić information content (AvgIpc) is 3.59. The van der Waals surface area contributed by atoms with Crippen LogP contribution in [0.2, 0.25) is 0 Å². The van der Waals surface area contributed by atoms with Crippen molar-refractivity contribution in [3.8, 4) is 16.1 Å². The zero-order chi connectivity index (χ0) is 27.6. The maximum absolute atomic E-state index is 14.5. The lowest BCUT2D eigenvalue weighted by atomic mass is 9.54. The molecular formula is C32H27F4N3S. The van der Waals surface area contributed by atoms with Gasteiger partial charge >= 0.3 is 6.18 Å². The molecule has 0 saturated heterocycles. The Morgan fingerprint density at radius 1 is 1.02 bits per heavy atom. The Balaban J connectivity index is 1.27. The van der Waals surface area contributed by atoms with Crippen LogP contribution in [0, 0.1) is 23.1 Å². The van der Waals surface area contributed by atoms with Crippen LogP contribution >= 0.6 is 11.3 Å². The Labute approximate surface area is 233 Å². The molecule has 2 unspecified atom stereocenters. The second-order valence-electron chi connectivity index (χ2n) is 11.3. The largest absolute Gasteiger partial charge is 0.392 e. The number of alkyl halides is 3. The summed E-state index contributed by atoms with van der Waals surface area (Å²) < 4.78 is 58.8. The predicted molar refractivity (Wildman–Crippen MR) is 149 cm³/mol. The van der Waals surface area contributed by atoms with Crippen molar-refractivity contribution in [1.82, 2.24) is 14.8 Å². The number of halogens is 4. The van der Waals surface area contributed by atoms with E-state index < -0.39 is 18.0 Å². The number of fused-ring (bicyclic) bond motifs is 4. The average molecular weight is 562 g/mol. The van der Waals surface area contributed by atoms with Crippen molar-refractivity contribution < 1.29 is 17.6 Å². The fourth-order valence-corrected chi connectivity index (χ4v) is 8.24. The first-order valence-corrected chi connectivity index (χ1v) is 14.4. The molecular weight excluding hydrogens is 534 g/mol. The zero-order valence-electron chi connectivity index (χ0n) is 21.8. The van der Waals surface area contributed by atoms with Crippen LogP contribution in [0.15, 0.2) is 84.2 Å². The summed E-state index contributed by atoms with van der Waals surface area (Å²) in [6.45, 7) is 2.18. The number of nitrogens with zero attached hydrogens (tertiary/aromatic N) is 3. The fraction of sp³-hybridized carbons (Fsp3) is 0.312. The highest BCUT2D eigenvalue weighted by molar-refractivity contribution is 7.15. The molecule has 1 saturated carbocycles. The van der Waals surface area contributed by atoms with E-state index in [0.29, 0.717) is 24.3 Å². The van der Waals surface area contributed by atoms with E-state index in [1.54, 1.807) is 18.3 Å². The smallest absolute Gasteiger partial charge is 0.249 e. The van der Waals surface area contributed by atoms with Crippen LogP contribution in [0.5, 0.6) is 0 Å². The van der Waals surface area contributed by atoms with E-state index in [2.05, 4.69) is 23.1 Å². The Morgan fingerprint density at radius 2 is 1.80 bits per heavy atom. The van der Waals surface area contributed by atoms with Gasteiger partial charge in [0.2, 0.25) is 0 Å². The number of aromatic nitrogens is 3. The van der Waals surface area contributed by atoms with E-state index in [-0.39, 0.29) is 23.6 Å². The highest BCUT2D eigenvalue weighted by atomic mass is 32.1. The second kappa shape index (κ2) is 9.26. The standard InChI is InChI=1S/C32H27F4N3S/c1-31-16-20-17-38-39(23-10-8-22(33)9-11-23)27(20)15-21(31)7-12-24-25(31)13-14-26(32(34,35)36)29(24)30-37-18-28(40-30)19-5-3-2-4-6-19/h2-6,8-11,13,15,17-18,24,26,29H,7,12,14,16H2,1H3/t24-,26?,29?,31-/m0/s1. The number of benzene rings is 2. The van der Waals surface area contributed by atoms with Crippen LogP contribution in [0.1, 0.15) is 48.4 Å². The summed E-state index contributed by atoms with van der Waals surface area (Å²) in [4.78, 5) is 5.51. The molecule has 1 fully saturated rings. The zero-order valence-corrected chi connectivity index (χ0v) is 22.6. The molecule has 3 aliphatic carbocycles. The number of rotatable bonds is 3. The van der Waals surface area contributed by atoms with Gasteiger partial charge in [0.05, 0.1) is 33.4 Å². The molecule has 8 heteroatoms. The van der Waals surface area contributed by atoms with E-state index >= 15 is 0 Å². The monoisotopic (exact) mass is 561 g/mol. The molecule has 0 spiro atoms. The molecule has 3 nitrogen and oxygen atoms in total. The van der Waals surface area contributed by atoms with E-state index in [4.69, 9.17) is 0 Å². The molecule has 0 radical (unpaired) electrons. The highest BCUT2D eigenvalue weighted by Crippen LogP contribution is 2.61. The molecule has 0 amide bonds. The van der Waals surface area contributed by atoms with Crippen LogP contribution in [-0.2, 0) is 6.42 Å². The molecule has 0 N–H and O–H groups in total. The highest BCUT2D eigenvalue weighted by Gasteiger charge is 2.55. The topological polar surface area (TPSA) is 30.7 Å². The van der Waals surface area contributed by atoms with Gasteiger partial charge in [0.15, 0.2) is 0 Å². The molecule has 40 heavy (non-hydrogen) atoms. The van der Waals surface area contributed by atoms with Crippen LogP contribution in [-0.4, -0.2) is 20.9 Å². The number of hydrogen-bond acceptors (Lipinski definition) is 3. The Hall–Kier alpha value is -3.52. The lowest BCUT2D eigenvalue weighted by Gasteiger charge is -2.51. The van der Waals surface area contributed by atoms with Gasteiger partial charge in [-0.15, -0.1) is 11.3 Å². The van der Waals surface area contributed by atoms with Gasteiger partial charge in [-0.25, -0.2) is 14.1 Å². The molecule has 204 valence electrons. The summed E-state index contributed by atoms with van der Waals surface area (Å²) in [6.07, 6.45) is 5.30. The third kappa shape index (κ3) is 4.07. The number of thiazole rings is 1. The van der Waals surface area contributed by atoms with Crippen molar-refractivity contribution in [2.45, 2.75) is 44.7 Å². The van der Waals surface area contributed by atoms with Gasteiger partial charge in [-0.3, -0.25) is 0 Å². The van der Waals surface area contributed by atoms with Gasteiger partial charge in [-0.05, 0) is 73.1 Å². The summed E-state index contributed by atoms with van der Waals surface area (Å²) in [5.41, 5.74) is 5.71. The SMILES string of the molecule is C[C@]12Cc3cnn(-c4ccc(F)cc4)c3C=C1CC[C@H]1C2=CCC(C(F)(F)F)C1c1ncc(-c2ccccc2)s1. The maximum atomic E-state index is 14.5. The molecule has 4 atom stereocenters. The van der Waals surface area contributed by atoms with Crippen LogP contribution in [0.3, 0.4) is 0 Å². The minimum absolute atomic E-state index is 0.0369. The van der Waals surface area contributed by atoms with Crippen LogP contribution in [0.25, 0.3) is 22.2 Å². The van der Waals surface area contributed by atoms with Crippen molar-refractivity contribution >= 4 is 17.4 Å². The van der Waals surface area contributed by atoms with Crippen molar-refractivity contribution in [1.29, 1.82) is 0 Å². The third-order valence-corrected chi connectivity index (χ3v) is 10.2. The normalized spacial score (nSPS) is 25.9. The molecule has 7 rings (SSSR count). The van der Waals surface area contributed by atoms with Crippen LogP contribution < -0.4 is 0 Å². The Bertz CT molecular complexity index is 1630. The maximum Gasteiger partial charge on any atom is 0.392 e. The third-order valence-electron chi connectivity index (χ3n) is 9.03. The van der Waals surface area contributed by atoms with Crippen LogP contribution in [0.4, 0.5) is 17.6 Å². The molecule has 2 aromatic heterocycles. The van der Waals surface area contributed by atoms with Gasteiger partial charge in [-0.2, -0.15) is 18.3 Å². The quantitative estimate of drug-likeness (QED) is 0.185. The van der Waals surface area contributed by atoms with Crippen molar-refractivity contribution in [3.63, 3.8) is 0 Å². The predicted octanol–water partition coefficient (Wildman–Crippen LogP) is 8.78. The minimum Gasteiger partial charge on any atom is -0.249 e. The number of hydrogen-bond donors (Lipinski definition) is 0. The number of allylic oxidation sites excluding steroid dienone is 3. The molecule has 2 heterocycles. The summed E-state index contributed by atoms with van der Waals surface area (Å²) in [5.74, 6) is -2.69. The van der Waals surface area contributed by atoms with E-state index in [0.717, 1.165) is 33.0 Å². The lowest BCUT2D eigenvalue weighted by Crippen LogP contribution is -2.44. The fourth-order valence-electron chi connectivity index (χ4n) is 7.09. The Morgan fingerprint density at radius 3 is 2.55 bits per heavy atom. The van der Waals surface area contributed by atoms with Gasteiger partial charge < -0.3 is 0 Å². The van der Waals surface area contributed by atoms with Crippen molar-refractivity contribution in [2.75, 3.05) is 0 Å². The second-order valence-corrected chi connectivity index (χ2v) is 12.3. The molecule has 3 aliphatic rings. The molecule has 2 aromatic carbocycles. The summed E-state index contributed by atoms with van der Waals surface area (Å²) >= 11 is 1.39. The van der Waals surface area contributed by atoms with E-state index in [1.165, 1.54) is 29.0 Å². The molecule has 0 bridgehead atoms. The summed E-state index contributed by atoms with van der Waals surface area (Å²) in [5, 5.41) is 5.18. The van der Waals surface area contributed by atoms with E-state index in [9.17, 15) is 17.6 Å². The first kappa shape index (κ1) is 25.4. The summed E-state index contributed by atoms with van der Waals surface area (Å²) in [7, 11) is 0. The summed E-state index contributed by atoms with van der Waals surface area (Å²) in [6, 6.07) is 16.0. The van der Waals surface area contributed by atoms with Gasteiger partial charge in [-0.1, -0.05) is 54.5 Å². The van der Waals surface area contributed by atoms with Crippen molar-refractivity contribution in [2.24, 2.45) is 17.3 Å². The first-order chi connectivity index (χ1) is 19.2. The first-order valence-electron chi connectivity index (χ1n) is 13.5. The Kier molecular flexibility index (Phi) is 5.89. The van der Waals surface area contributed by atoms with Gasteiger partial charge in [0.25, 0.3) is 0 Å². The van der Waals surface area contributed by atoms with Gasteiger partial charge in [0, 0.05) is 17.5 Å². The van der Waals surface area contributed by atoms with Gasteiger partial charge in [0.1, 0.15) is 5.82 Å². The lowest BCUT2D eigenvalue weighted by molar-refractivity contribution is -0.185. The molecule has 4 aromatic rings.